The maximum Gasteiger partial charge on any atom is 0.223 e. The van der Waals surface area contributed by atoms with Crippen molar-refractivity contribution in [2.24, 2.45) is 0 Å². The zero-order chi connectivity index (χ0) is 16.0. The smallest absolute Gasteiger partial charge is 0.223 e. The van der Waals surface area contributed by atoms with Crippen molar-refractivity contribution in [1.82, 2.24) is 0 Å². The first-order valence-electron chi connectivity index (χ1n) is 7.42. The number of allylic oxidation sites excluding steroid dienone is 12. The van der Waals surface area contributed by atoms with Crippen LogP contribution in [0.3, 0.4) is 0 Å². The van der Waals surface area contributed by atoms with Gasteiger partial charge in [-0.25, -0.2) is 0 Å². The molecule has 1 aromatic rings. The van der Waals surface area contributed by atoms with Gasteiger partial charge in [-0.3, -0.25) is 0 Å². The van der Waals surface area contributed by atoms with Gasteiger partial charge in [-0.05, 0) is 32.4 Å². The summed E-state index contributed by atoms with van der Waals surface area (Å²) in [5.74, 6) is 0. The average Bonchev–Trinajstić information content (AvgIpc) is 2.53. The van der Waals surface area contributed by atoms with Crippen LogP contribution in [0.4, 0.5) is 0 Å². The van der Waals surface area contributed by atoms with Crippen LogP contribution in [0.1, 0.15) is 26.0 Å². The van der Waals surface area contributed by atoms with Crippen molar-refractivity contribution in [2.45, 2.75) is 20.3 Å². The Balaban J connectivity index is 2.68. The molecule has 0 atom stereocenters. The first-order chi connectivity index (χ1) is 10.8. The average molecular weight is 293 g/mol. The van der Waals surface area contributed by atoms with Gasteiger partial charge in [0.05, 0.1) is 0 Å². The topological polar surface area (TPSA) is 26.9 Å². The van der Waals surface area contributed by atoms with Crippen LogP contribution in [-0.4, -0.2) is 0 Å². The lowest BCUT2D eigenvalue weighted by Gasteiger charge is -2.03. The lowest BCUT2D eigenvalue weighted by atomic mass is 10.1. The van der Waals surface area contributed by atoms with Gasteiger partial charge in [-0.15, -0.1) is 0 Å². The van der Waals surface area contributed by atoms with Crippen molar-refractivity contribution in [3.05, 3.63) is 102 Å². The second kappa shape index (κ2) is 11.1. The van der Waals surface area contributed by atoms with E-state index in [9.17, 15) is 5.21 Å². The Hall–Kier alpha value is -2.61. The SMILES string of the molecule is CC=CC=CC=CCC=CC=C(C=CC)c1cccc[n+]1[O-]. The van der Waals surface area contributed by atoms with E-state index in [-0.39, 0.29) is 0 Å². The molecule has 0 spiro atoms. The largest absolute Gasteiger partial charge is 0.618 e. The Morgan fingerprint density at radius 2 is 1.77 bits per heavy atom. The number of aromatic nitrogens is 1. The van der Waals surface area contributed by atoms with Gasteiger partial charge in [-0.2, -0.15) is 4.73 Å². The summed E-state index contributed by atoms with van der Waals surface area (Å²) < 4.78 is 0.881. The highest BCUT2D eigenvalue weighted by atomic mass is 16.5. The van der Waals surface area contributed by atoms with Crippen molar-refractivity contribution in [3.63, 3.8) is 0 Å². The molecular weight excluding hydrogens is 270 g/mol. The third-order valence-electron chi connectivity index (χ3n) is 2.81. The fourth-order valence-electron chi connectivity index (χ4n) is 1.78. The molecule has 2 nitrogen and oxygen atoms in total. The molecule has 2 heteroatoms. The Labute approximate surface area is 133 Å². The van der Waals surface area contributed by atoms with Crippen molar-refractivity contribution in [2.75, 3.05) is 0 Å². The molecule has 1 heterocycles. The standard InChI is InChI=1S/C20H23NO/c1-3-5-6-7-8-9-10-11-12-16-19(15-4-2)20-17-13-14-18-21(20)22/h3-9,11-18H,10H2,1-2H3. The quantitative estimate of drug-likeness (QED) is 0.398. The maximum atomic E-state index is 11.8. The summed E-state index contributed by atoms with van der Waals surface area (Å²) in [5.41, 5.74) is 1.54. The third kappa shape index (κ3) is 6.71. The summed E-state index contributed by atoms with van der Waals surface area (Å²) in [7, 11) is 0. The van der Waals surface area contributed by atoms with E-state index in [4.69, 9.17) is 0 Å². The van der Waals surface area contributed by atoms with E-state index >= 15 is 0 Å². The molecule has 0 aliphatic carbocycles. The minimum Gasteiger partial charge on any atom is -0.618 e. The molecule has 0 radical (unpaired) electrons. The molecule has 1 aromatic heterocycles. The molecule has 0 amide bonds. The van der Waals surface area contributed by atoms with Crippen molar-refractivity contribution in [1.29, 1.82) is 0 Å². The summed E-state index contributed by atoms with van der Waals surface area (Å²) in [6.07, 6.45) is 24.3. The van der Waals surface area contributed by atoms with Crippen LogP contribution < -0.4 is 4.73 Å². The van der Waals surface area contributed by atoms with E-state index in [0.29, 0.717) is 5.69 Å². The maximum absolute atomic E-state index is 11.8. The first-order valence-corrected chi connectivity index (χ1v) is 7.42. The highest BCUT2D eigenvalue weighted by molar-refractivity contribution is 5.71. The van der Waals surface area contributed by atoms with Crippen LogP contribution >= 0.6 is 0 Å². The predicted octanol–water partition coefficient (Wildman–Crippen LogP) is 4.91. The number of hydrogen-bond donors (Lipinski definition) is 0. The molecule has 0 aliphatic heterocycles. The Morgan fingerprint density at radius 3 is 2.50 bits per heavy atom. The molecule has 114 valence electrons. The van der Waals surface area contributed by atoms with E-state index in [1.54, 1.807) is 6.07 Å². The molecule has 0 aromatic carbocycles. The summed E-state index contributed by atoms with van der Waals surface area (Å²) in [6, 6.07) is 5.41. The summed E-state index contributed by atoms with van der Waals surface area (Å²) in [5, 5.41) is 11.8. The Morgan fingerprint density at radius 1 is 1.00 bits per heavy atom. The van der Waals surface area contributed by atoms with E-state index in [1.165, 1.54) is 6.20 Å². The third-order valence-corrected chi connectivity index (χ3v) is 2.81. The second-order valence-corrected chi connectivity index (χ2v) is 4.54. The zero-order valence-electron chi connectivity index (χ0n) is 13.2. The van der Waals surface area contributed by atoms with Crippen LogP contribution in [0, 0.1) is 5.21 Å². The summed E-state index contributed by atoms with van der Waals surface area (Å²) in [4.78, 5) is 0. The highest BCUT2D eigenvalue weighted by Gasteiger charge is 2.06. The molecule has 22 heavy (non-hydrogen) atoms. The zero-order valence-corrected chi connectivity index (χ0v) is 13.2. The fourth-order valence-corrected chi connectivity index (χ4v) is 1.78. The molecular formula is C20H23NO. The second-order valence-electron chi connectivity index (χ2n) is 4.54. The minimum absolute atomic E-state index is 0.648. The van der Waals surface area contributed by atoms with Crippen LogP contribution in [0.5, 0.6) is 0 Å². The summed E-state index contributed by atoms with van der Waals surface area (Å²) in [6.45, 7) is 3.93. The van der Waals surface area contributed by atoms with Crippen LogP contribution in [-0.2, 0) is 0 Å². The van der Waals surface area contributed by atoms with Gasteiger partial charge in [0.25, 0.3) is 0 Å². The number of pyridine rings is 1. The van der Waals surface area contributed by atoms with Crippen LogP contribution in [0.2, 0.25) is 0 Å². The van der Waals surface area contributed by atoms with Crippen molar-refractivity contribution < 1.29 is 4.73 Å². The lowest BCUT2D eigenvalue weighted by molar-refractivity contribution is -0.607. The summed E-state index contributed by atoms with van der Waals surface area (Å²) >= 11 is 0. The molecule has 0 fully saturated rings. The lowest BCUT2D eigenvalue weighted by Crippen LogP contribution is -2.29. The Kier molecular flexibility index (Phi) is 8.79. The van der Waals surface area contributed by atoms with E-state index in [2.05, 4.69) is 12.2 Å². The van der Waals surface area contributed by atoms with Gasteiger partial charge >= 0.3 is 0 Å². The highest BCUT2D eigenvalue weighted by Crippen LogP contribution is 2.11. The molecule has 0 unspecified atom stereocenters. The Bertz CT molecular complexity index is 616. The monoisotopic (exact) mass is 293 g/mol. The molecule has 0 saturated heterocycles. The van der Waals surface area contributed by atoms with Gasteiger partial charge < -0.3 is 5.21 Å². The van der Waals surface area contributed by atoms with Crippen molar-refractivity contribution >= 4 is 5.57 Å². The van der Waals surface area contributed by atoms with Gasteiger partial charge in [0, 0.05) is 17.7 Å². The normalized spacial score (nSPS) is 13.6. The number of nitrogens with zero attached hydrogens (tertiary/aromatic N) is 1. The molecule has 1 rings (SSSR count). The first kappa shape index (κ1) is 17.4. The van der Waals surface area contributed by atoms with Crippen LogP contribution in [0.25, 0.3) is 5.57 Å². The van der Waals surface area contributed by atoms with Gasteiger partial charge in [0.2, 0.25) is 5.69 Å². The van der Waals surface area contributed by atoms with E-state index in [0.717, 1.165) is 16.7 Å². The van der Waals surface area contributed by atoms with Gasteiger partial charge in [0.15, 0.2) is 6.20 Å². The number of hydrogen-bond acceptors (Lipinski definition) is 1. The molecule has 0 aliphatic rings. The predicted molar refractivity (Wildman–Crippen MR) is 95.0 cm³/mol. The minimum atomic E-state index is 0.648. The van der Waals surface area contributed by atoms with E-state index in [1.807, 2.05) is 80.7 Å². The van der Waals surface area contributed by atoms with Crippen molar-refractivity contribution in [3.8, 4) is 0 Å². The fraction of sp³-hybridized carbons (Fsp3) is 0.150. The van der Waals surface area contributed by atoms with Gasteiger partial charge in [0.1, 0.15) is 0 Å². The van der Waals surface area contributed by atoms with Gasteiger partial charge in [-0.1, -0.05) is 60.8 Å². The number of rotatable bonds is 7. The molecule has 0 N–H and O–H groups in total. The molecule has 0 bridgehead atoms. The molecule has 0 saturated carbocycles. The van der Waals surface area contributed by atoms with Crippen LogP contribution in [0.15, 0.2) is 91.2 Å². The van der Waals surface area contributed by atoms with E-state index < -0.39 is 0 Å².